The number of benzene rings is 2. The minimum atomic E-state index is -0.351. The quantitative estimate of drug-likeness (QED) is 0.802. The van der Waals surface area contributed by atoms with Crippen molar-refractivity contribution in [2.24, 2.45) is 0 Å². The van der Waals surface area contributed by atoms with Crippen LogP contribution < -0.4 is 5.32 Å². The molecule has 1 unspecified atom stereocenters. The Kier molecular flexibility index (Phi) is 5.28. The Morgan fingerprint density at radius 3 is 2.25 bits per heavy atom. The predicted molar refractivity (Wildman–Crippen MR) is 83.4 cm³/mol. The molecule has 106 valence electrons. The van der Waals surface area contributed by atoms with Gasteiger partial charge in [0, 0.05) is 26.7 Å². The first-order valence-electron chi connectivity index (χ1n) is 6.08. The normalized spacial score (nSPS) is 12.4. The summed E-state index contributed by atoms with van der Waals surface area (Å²) in [6.45, 7) is 0. The molecule has 2 rings (SSSR count). The topological polar surface area (TPSA) is 12.0 Å². The largest absolute Gasteiger partial charge is 0.313 e. The molecule has 0 spiro atoms. The fraction of sp³-hybridized carbons (Fsp3) is 0.200. The summed E-state index contributed by atoms with van der Waals surface area (Å²) >= 11 is 18.5. The molecule has 0 aliphatic heterocycles. The van der Waals surface area contributed by atoms with E-state index in [0.29, 0.717) is 21.5 Å². The van der Waals surface area contributed by atoms with E-state index in [4.69, 9.17) is 34.8 Å². The summed E-state index contributed by atoms with van der Waals surface area (Å²) in [5.74, 6) is -0.351. The average Bonchev–Trinajstić information content (AvgIpc) is 2.39. The molecule has 0 aliphatic carbocycles. The SMILES string of the molecule is CNC(Cc1ccc(F)cc1Cl)c1c(Cl)cccc1Cl. The molecule has 0 fully saturated rings. The fourth-order valence-electron chi connectivity index (χ4n) is 2.10. The third-order valence-corrected chi connectivity index (χ3v) is 4.15. The maximum absolute atomic E-state index is 13.1. The molecule has 0 aliphatic rings. The number of halogens is 4. The molecule has 0 radical (unpaired) electrons. The highest BCUT2D eigenvalue weighted by Gasteiger charge is 2.18. The van der Waals surface area contributed by atoms with Crippen LogP contribution in [0.15, 0.2) is 36.4 Å². The maximum Gasteiger partial charge on any atom is 0.124 e. The molecule has 0 aromatic heterocycles. The molecule has 0 amide bonds. The van der Waals surface area contributed by atoms with Crippen LogP contribution in [0.3, 0.4) is 0 Å². The highest BCUT2D eigenvalue weighted by atomic mass is 35.5. The second kappa shape index (κ2) is 6.77. The molecule has 2 aromatic rings. The van der Waals surface area contributed by atoms with E-state index in [-0.39, 0.29) is 11.9 Å². The number of hydrogen-bond donors (Lipinski definition) is 1. The molecule has 0 heterocycles. The van der Waals surface area contributed by atoms with Crippen LogP contribution in [-0.4, -0.2) is 7.05 Å². The third-order valence-electron chi connectivity index (χ3n) is 3.14. The number of rotatable bonds is 4. The predicted octanol–water partition coefficient (Wildman–Crippen LogP) is 5.29. The van der Waals surface area contributed by atoms with Gasteiger partial charge in [0.1, 0.15) is 5.82 Å². The van der Waals surface area contributed by atoms with Gasteiger partial charge in [-0.2, -0.15) is 0 Å². The fourth-order valence-corrected chi connectivity index (χ4v) is 3.00. The van der Waals surface area contributed by atoms with Crippen molar-refractivity contribution in [2.45, 2.75) is 12.5 Å². The smallest absolute Gasteiger partial charge is 0.124 e. The molecule has 20 heavy (non-hydrogen) atoms. The van der Waals surface area contributed by atoms with E-state index < -0.39 is 0 Å². The van der Waals surface area contributed by atoms with Gasteiger partial charge in [-0.1, -0.05) is 46.9 Å². The zero-order valence-corrected chi connectivity index (χ0v) is 13.0. The molecule has 2 aromatic carbocycles. The van der Waals surface area contributed by atoms with Crippen LogP contribution in [-0.2, 0) is 6.42 Å². The van der Waals surface area contributed by atoms with Crippen molar-refractivity contribution >= 4 is 34.8 Å². The van der Waals surface area contributed by atoms with Crippen molar-refractivity contribution in [1.29, 1.82) is 0 Å². The van der Waals surface area contributed by atoms with Crippen molar-refractivity contribution in [1.82, 2.24) is 5.32 Å². The van der Waals surface area contributed by atoms with Gasteiger partial charge in [-0.15, -0.1) is 0 Å². The van der Waals surface area contributed by atoms with E-state index in [1.165, 1.54) is 12.1 Å². The highest BCUT2D eigenvalue weighted by Crippen LogP contribution is 2.33. The Morgan fingerprint density at radius 1 is 1.05 bits per heavy atom. The number of likely N-dealkylation sites (N-methyl/N-ethyl adjacent to an activating group) is 1. The molecule has 1 nitrogen and oxygen atoms in total. The molecule has 1 N–H and O–H groups in total. The van der Waals surface area contributed by atoms with Gasteiger partial charge in [0.15, 0.2) is 0 Å². The molecule has 0 saturated carbocycles. The maximum atomic E-state index is 13.1. The lowest BCUT2D eigenvalue weighted by Gasteiger charge is -2.20. The molecule has 0 saturated heterocycles. The Hall–Kier alpha value is -0.800. The van der Waals surface area contributed by atoms with E-state index in [9.17, 15) is 4.39 Å². The lowest BCUT2D eigenvalue weighted by Crippen LogP contribution is -2.20. The van der Waals surface area contributed by atoms with Crippen molar-refractivity contribution in [3.63, 3.8) is 0 Å². The molecular formula is C15H13Cl3FN. The van der Waals surface area contributed by atoms with Crippen LogP contribution in [0, 0.1) is 5.82 Å². The minimum Gasteiger partial charge on any atom is -0.313 e. The molecular weight excluding hydrogens is 320 g/mol. The van der Waals surface area contributed by atoms with Crippen LogP contribution in [0.5, 0.6) is 0 Å². The van der Waals surface area contributed by atoms with Crippen molar-refractivity contribution < 1.29 is 4.39 Å². The van der Waals surface area contributed by atoms with Gasteiger partial charge in [-0.25, -0.2) is 4.39 Å². The zero-order chi connectivity index (χ0) is 14.7. The molecule has 0 bridgehead atoms. The van der Waals surface area contributed by atoms with E-state index >= 15 is 0 Å². The Bertz CT molecular complexity index is 596. The summed E-state index contributed by atoms with van der Waals surface area (Å²) in [5, 5.41) is 4.75. The van der Waals surface area contributed by atoms with Gasteiger partial charge < -0.3 is 5.32 Å². The first-order chi connectivity index (χ1) is 9.52. The van der Waals surface area contributed by atoms with Crippen molar-refractivity contribution in [3.8, 4) is 0 Å². The van der Waals surface area contributed by atoms with Gasteiger partial charge in [0.05, 0.1) is 0 Å². The zero-order valence-electron chi connectivity index (χ0n) is 10.8. The van der Waals surface area contributed by atoms with Gasteiger partial charge >= 0.3 is 0 Å². The summed E-state index contributed by atoms with van der Waals surface area (Å²) in [6.07, 6.45) is 0.569. The number of hydrogen-bond acceptors (Lipinski definition) is 1. The lowest BCUT2D eigenvalue weighted by molar-refractivity contribution is 0.589. The van der Waals surface area contributed by atoms with Crippen molar-refractivity contribution in [2.75, 3.05) is 7.05 Å². The molecule has 1 atom stereocenters. The average molecular weight is 333 g/mol. The van der Waals surface area contributed by atoms with E-state index in [1.807, 2.05) is 7.05 Å². The summed E-state index contributed by atoms with van der Waals surface area (Å²) in [4.78, 5) is 0. The van der Waals surface area contributed by atoms with Gasteiger partial charge in [-0.05, 0) is 43.3 Å². The van der Waals surface area contributed by atoms with Crippen LogP contribution in [0.2, 0.25) is 15.1 Å². The second-order valence-corrected chi connectivity index (χ2v) is 5.64. The Labute approximate surface area is 132 Å². The highest BCUT2D eigenvalue weighted by molar-refractivity contribution is 6.36. The second-order valence-electron chi connectivity index (χ2n) is 4.42. The van der Waals surface area contributed by atoms with Gasteiger partial charge in [0.25, 0.3) is 0 Å². The van der Waals surface area contributed by atoms with Gasteiger partial charge in [0.2, 0.25) is 0 Å². The summed E-state index contributed by atoms with van der Waals surface area (Å²) in [5.41, 5.74) is 1.65. The first-order valence-corrected chi connectivity index (χ1v) is 7.21. The summed E-state index contributed by atoms with van der Waals surface area (Å²) in [6, 6.07) is 9.65. The Morgan fingerprint density at radius 2 is 1.70 bits per heavy atom. The number of nitrogens with one attached hydrogen (secondary N) is 1. The third kappa shape index (κ3) is 3.44. The van der Waals surface area contributed by atoms with Crippen LogP contribution in [0.25, 0.3) is 0 Å². The standard InChI is InChI=1S/C15H13Cl3FN/c1-20-14(15-11(16)3-2-4-12(15)17)7-9-5-6-10(19)8-13(9)18/h2-6,8,14,20H,7H2,1H3. The van der Waals surface area contributed by atoms with E-state index in [2.05, 4.69) is 5.32 Å². The van der Waals surface area contributed by atoms with Crippen LogP contribution >= 0.6 is 34.8 Å². The van der Waals surface area contributed by atoms with E-state index in [0.717, 1.165) is 11.1 Å². The first kappa shape index (κ1) is 15.6. The minimum absolute atomic E-state index is 0.0980. The lowest BCUT2D eigenvalue weighted by atomic mass is 9.98. The summed E-state index contributed by atoms with van der Waals surface area (Å²) in [7, 11) is 1.82. The van der Waals surface area contributed by atoms with Crippen molar-refractivity contribution in [3.05, 3.63) is 68.4 Å². The van der Waals surface area contributed by atoms with Crippen LogP contribution in [0.1, 0.15) is 17.2 Å². The monoisotopic (exact) mass is 331 g/mol. The molecule has 5 heteroatoms. The Balaban J connectivity index is 2.34. The van der Waals surface area contributed by atoms with Crippen LogP contribution in [0.4, 0.5) is 4.39 Å². The summed E-state index contributed by atoms with van der Waals surface area (Å²) < 4.78 is 13.1. The van der Waals surface area contributed by atoms with Gasteiger partial charge in [-0.3, -0.25) is 0 Å². The van der Waals surface area contributed by atoms with E-state index in [1.54, 1.807) is 24.3 Å².